The highest BCUT2D eigenvalue weighted by molar-refractivity contribution is 7.89. The molecule has 0 aromatic heterocycles. The van der Waals surface area contributed by atoms with E-state index in [1.807, 2.05) is 32.0 Å². The molecular weight excluding hydrogens is 404 g/mol. The third-order valence-corrected chi connectivity index (χ3v) is 6.89. The fraction of sp³-hybridized carbons (Fsp3) is 0.409. The molecule has 0 saturated carbocycles. The molecule has 3 rings (SSSR count). The average Bonchev–Trinajstić information content (AvgIpc) is 3.25. The normalized spacial score (nSPS) is 14.5. The van der Waals surface area contributed by atoms with Crippen molar-refractivity contribution in [2.45, 2.75) is 38.5 Å². The topological polar surface area (TPSA) is 84.9 Å². The Labute approximate surface area is 178 Å². The molecule has 1 N–H and O–H groups in total. The second-order valence-corrected chi connectivity index (χ2v) is 9.17. The molecule has 1 aliphatic heterocycles. The van der Waals surface area contributed by atoms with Crippen molar-refractivity contribution in [2.24, 2.45) is 0 Å². The van der Waals surface area contributed by atoms with Crippen molar-refractivity contribution in [1.29, 1.82) is 0 Å². The molecule has 2 aromatic rings. The lowest BCUT2D eigenvalue weighted by molar-refractivity contribution is -0.118. The predicted molar refractivity (Wildman–Crippen MR) is 116 cm³/mol. The lowest BCUT2D eigenvalue weighted by atomic mass is 10.1. The first-order valence-electron chi connectivity index (χ1n) is 10.1. The van der Waals surface area contributed by atoms with E-state index in [9.17, 15) is 13.2 Å². The maximum absolute atomic E-state index is 13.1. The molecular formula is C22H28N2O5S. The van der Waals surface area contributed by atoms with Gasteiger partial charge in [-0.2, -0.15) is 4.31 Å². The summed E-state index contributed by atoms with van der Waals surface area (Å²) in [6.07, 6.45) is 1.69. The molecule has 162 valence electrons. The molecule has 8 heteroatoms. The van der Waals surface area contributed by atoms with Crippen LogP contribution in [0.4, 0.5) is 5.69 Å². The molecule has 7 nitrogen and oxygen atoms in total. The molecule has 0 bridgehead atoms. The van der Waals surface area contributed by atoms with E-state index in [1.54, 1.807) is 19.1 Å². The Kier molecular flexibility index (Phi) is 6.99. The quantitative estimate of drug-likeness (QED) is 0.690. The molecule has 1 amide bonds. The number of nitrogens with one attached hydrogen (secondary N) is 1. The molecule has 0 radical (unpaired) electrons. The van der Waals surface area contributed by atoms with E-state index in [4.69, 9.17) is 9.47 Å². The monoisotopic (exact) mass is 432 g/mol. The zero-order valence-corrected chi connectivity index (χ0v) is 18.4. The molecule has 0 unspecified atom stereocenters. The molecule has 0 spiro atoms. The Morgan fingerprint density at radius 2 is 1.73 bits per heavy atom. The molecule has 1 heterocycles. The van der Waals surface area contributed by atoms with Gasteiger partial charge in [0.1, 0.15) is 16.4 Å². The van der Waals surface area contributed by atoms with E-state index in [1.165, 1.54) is 10.4 Å². The van der Waals surface area contributed by atoms with Crippen LogP contribution < -0.4 is 14.8 Å². The maximum Gasteiger partial charge on any atom is 0.262 e. The van der Waals surface area contributed by atoms with Crippen LogP contribution in [0.1, 0.15) is 30.9 Å². The molecule has 0 atom stereocenters. The first kappa shape index (κ1) is 22.1. The zero-order chi connectivity index (χ0) is 21.7. The number of hydrogen-bond acceptors (Lipinski definition) is 5. The van der Waals surface area contributed by atoms with E-state index in [2.05, 4.69) is 5.32 Å². The van der Waals surface area contributed by atoms with Crippen LogP contribution in [-0.2, 0) is 14.8 Å². The lowest BCUT2D eigenvalue weighted by Crippen LogP contribution is -2.28. The summed E-state index contributed by atoms with van der Waals surface area (Å²) in [5.74, 6) is 0.595. The van der Waals surface area contributed by atoms with Gasteiger partial charge in [0.2, 0.25) is 10.0 Å². The third kappa shape index (κ3) is 4.94. The van der Waals surface area contributed by atoms with Crippen LogP contribution >= 0.6 is 0 Å². The molecule has 1 saturated heterocycles. The van der Waals surface area contributed by atoms with Gasteiger partial charge in [0.25, 0.3) is 5.91 Å². The summed E-state index contributed by atoms with van der Waals surface area (Å²) in [5, 5.41) is 2.72. The number of benzene rings is 2. The number of hydrogen-bond donors (Lipinski definition) is 1. The molecule has 30 heavy (non-hydrogen) atoms. The van der Waals surface area contributed by atoms with Crippen molar-refractivity contribution < 1.29 is 22.7 Å². The number of anilines is 1. The van der Waals surface area contributed by atoms with Gasteiger partial charge in [0.05, 0.1) is 6.61 Å². The molecule has 2 aromatic carbocycles. The van der Waals surface area contributed by atoms with Crippen LogP contribution in [-0.4, -0.2) is 44.9 Å². The van der Waals surface area contributed by atoms with Gasteiger partial charge in [0.15, 0.2) is 6.61 Å². The van der Waals surface area contributed by atoms with Crippen molar-refractivity contribution in [3.05, 3.63) is 47.5 Å². The van der Waals surface area contributed by atoms with Crippen LogP contribution in [0.5, 0.6) is 11.5 Å². The van der Waals surface area contributed by atoms with Crippen LogP contribution in [0.3, 0.4) is 0 Å². The average molecular weight is 433 g/mol. The van der Waals surface area contributed by atoms with E-state index in [0.717, 1.165) is 24.0 Å². The number of sulfonamides is 1. The van der Waals surface area contributed by atoms with Crippen molar-refractivity contribution >= 4 is 21.6 Å². The Balaban J connectivity index is 1.77. The van der Waals surface area contributed by atoms with Crippen molar-refractivity contribution in [2.75, 3.05) is 31.6 Å². The number of amides is 1. The largest absolute Gasteiger partial charge is 0.492 e. The SMILES string of the molecule is CCOc1ccc(NC(=O)COc2c(C)cccc2C)cc1S(=O)(=O)N1CCCC1. The molecule has 1 aliphatic rings. The van der Waals surface area contributed by atoms with Crippen molar-refractivity contribution in [1.82, 2.24) is 4.31 Å². The molecule has 0 aliphatic carbocycles. The minimum atomic E-state index is -3.69. The number of ether oxygens (including phenoxy) is 2. The van der Waals surface area contributed by atoms with Crippen LogP contribution in [0.25, 0.3) is 0 Å². The van der Waals surface area contributed by atoms with Gasteiger partial charge in [-0.25, -0.2) is 8.42 Å². The van der Waals surface area contributed by atoms with Gasteiger partial charge in [-0.1, -0.05) is 18.2 Å². The third-order valence-electron chi connectivity index (χ3n) is 4.97. The highest BCUT2D eigenvalue weighted by Gasteiger charge is 2.30. The van der Waals surface area contributed by atoms with Gasteiger partial charge in [-0.15, -0.1) is 0 Å². The first-order chi connectivity index (χ1) is 14.3. The summed E-state index contributed by atoms with van der Waals surface area (Å²) in [6.45, 7) is 6.80. The number of rotatable bonds is 8. The number of nitrogens with zero attached hydrogens (tertiary/aromatic N) is 1. The number of carbonyl (C=O) groups is 1. The summed E-state index contributed by atoms with van der Waals surface area (Å²) in [5.41, 5.74) is 2.28. The Morgan fingerprint density at radius 3 is 2.37 bits per heavy atom. The first-order valence-corrected chi connectivity index (χ1v) is 11.5. The van der Waals surface area contributed by atoms with Crippen LogP contribution in [0.15, 0.2) is 41.3 Å². The summed E-state index contributed by atoms with van der Waals surface area (Å²) in [7, 11) is -3.69. The second-order valence-electron chi connectivity index (χ2n) is 7.26. The van der Waals surface area contributed by atoms with Gasteiger partial charge in [-0.05, 0) is 62.9 Å². The zero-order valence-electron chi connectivity index (χ0n) is 17.6. The van der Waals surface area contributed by atoms with E-state index < -0.39 is 10.0 Å². The fourth-order valence-corrected chi connectivity index (χ4v) is 5.17. The van der Waals surface area contributed by atoms with Gasteiger partial charge < -0.3 is 14.8 Å². The highest BCUT2D eigenvalue weighted by atomic mass is 32.2. The minimum Gasteiger partial charge on any atom is -0.492 e. The Bertz CT molecular complexity index is 994. The van der Waals surface area contributed by atoms with Crippen molar-refractivity contribution in [3.8, 4) is 11.5 Å². The number of carbonyl (C=O) groups excluding carboxylic acids is 1. The molecule has 1 fully saturated rings. The smallest absolute Gasteiger partial charge is 0.262 e. The number of aryl methyl sites for hydroxylation is 2. The maximum atomic E-state index is 13.1. The van der Waals surface area contributed by atoms with Crippen LogP contribution in [0.2, 0.25) is 0 Å². The highest BCUT2D eigenvalue weighted by Crippen LogP contribution is 2.31. The Morgan fingerprint density at radius 1 is 1.07 bits per heavy atom. The summed E-state index contributed by atoms with van der Waals surface area (Å²) < 4.78 is 38.8. The lowest BCUT2D eigenvalue weighted by Gasteiger charge is -2.19. The van der Waals surface area contributed by atoms with Gasteiger partial charge in [-0.3, -0.25) is 4.79 Å². The minimum absolute atomic E-state index is 0.0692. The Hall–Kier alpha value is -2.58. The van der Waals surface area contributed by atoms with Crippen LogP contribution in [0, 0.1) is 13.8 Å². The summed E-state index contributed by atoms with van der Waals surface area (Å²) in [4.78, 5) is 12.5. The van der Waals surface area contributed by atoms with Gasteiger partial charge in [0, 0.05) is 18.8 Å². The number of para-hydroxylation sites is 1. The van der Waals surface area contributed by atoms with Gasteiger partial charge >= 0.3 is 0 Å². The van der Waals surface area contributed by atoms with E-state index in [0.29, 0.717) is 31.1 Å². The summed E-state index contributed by atoms with van der Waals surface area (Å²) in [6, 6.07) is 10.4. The second kappa shape index (κ2) is 9.49. The van der Waals surface area contributed by atoms with E-state index in [-0.39, 0.29) is 23.2 Å². The fourth-order valence-electron chi connectivity index (χ4n) is 3.49. The van der Waals surface area contributed by atoms with Crippen molar-refractivity contribution in [3.63, 3.8) is 0 Å². The standard InChI is InChI=1S/C22H28N2O5S/c1-4-28-19-11-10-18(14-20(19)30(26,27)24-12-5-6-13-24)23-21(25)15-29-22-16(2)8-7-9-17(22)3/h7-11,14H,4-6,12-13,15H2,1-3H3,(H,23,25). The predicted octanol–water partition coefficient (Wildman–Crippen LogP) is 3.50. The summed E-state index contributed by atoms with van der Waals surface area (Å²) >= 11 is 0. The van der Waals surface area contributed by atoms with E-state index >= 15 is 0 Å².